The first-order valence-corrected chi connectivity index (χ1v) is 12.0. The van der Waals surface area contributed by atoms with Gasteiger partial charge in [0, 0.05) is 6.42 Å². The van der Waals surface area contributed by atoms with E-state index in [2.05, 4.69) is 12.2 Å². The number of ether oxygens (including phenoxy) is 2. The summed E-state index contributed by atoms with van der Waals surface area (Å²) in [4.78, 5) is 34.9. The van der Waals surface area contributed by atoms with Crippen molar-refractivity contribution in [2.24, 2.45) is 11.8 Å². The molecule has 1 amide bonds. The van der Waals surface area contributed by atoms with Crippen molar-refractivity contribution in [3.63, 3.8) is 0 Å². The molecule has 0 radical (unpaired) electrons. The van der Waals surface area contributed by atoms with Crippen molar-refractivity contribution in [3.8, 4) is 0 Å². The Morgan fingerprint density at radius 1 is 1.10 bits per heavy atom. The van der Waals surface area contributed by atoms with Crippen molar-refractivity contribution in [2.75, 3.05) is 0 Å². The molecule has 1 saturated heterocycles. The summed E-state index contributed by atoms with van der Waals surface area (Å²) in [5, 5.41) is 2.58. The van der Waals surface area contributed by atoms with Gasteiger partial charge in [-0.3, -0.25) is 9.59 Å². The molecule has 0 bridgehead atoms. The molecule has 6 heteroatoms. The number of unbranched alkanes of at least 4 members (excludes halogenated alkanes) is 8. The summed E-state index contributed by atoms with van der Waals surface area (Å²) >= 11 is 0. The van der Waals surface area contributed by atoms with Gasteiger partial charge in [0.05, 0.1) is 5.92 Å². The van der Waals surface area contributed by atoms with Crippen molar-refractivity contribution in [1.82, 2.24) is 5.32 Å². The van der Waals surface area contributed by atoms with E-state index >= 15 is 0 Å². The van der Waals surface area contributed by atoms with E-state index in [1.165, 1.54) is 44.9 Å². The van der Waals surface area contributed by atoms with Crippen LogP contribution in [0.25, 0.3) is 0 Å². The molecule has 1 aliphatic rings. The summed E-state index contributed by atoms with van der Waals surface area (Å²) in [6, 6.07) is -0.630. The number of esters is 2. The van der Waals surface area contributed by atoms with Crippen LogP contribution in [0.2, 0.25) is 0 Å². The summed E-state index contributed by atoms with van der Waals surface area (Å²) in [7, 11) is 0. The first-order valence-electron chi connectivity index (χ1n) is 12.0. The van der Waals surface area contributed by atoms with Gasteiger partial charge < -0.3 is 14.8 Å². The second kappa shape index (κ2) is 15.2. The van der Waals surface area contributed by atoms with E-state index < -0.39 is 12.0 Å². The number of carbonyl (C=O) groups excluding carboxylic acids is 3. The lowest BCUT2D eigenvalue weighted by atomic mass is 9.92. The molecular weight excluding hydrogens is 382 g/mol. The van der Waals surface area contributed by atoms with Gasteiger partial charge in [-0.15, -0.1) is 0 Å². The predicted octanol–water partition coefficient (Wildman–Crippen LogP) is 4.93. The van der Waals surface area contributed by atoms with E-state index in [0.717, 1.165) is 19.3 Å². The molecule has 4 atom stereocenters. The van der Waals surface area contributed by atoms with Crippen LogP contribution >= 0.6 is 0 Å². The Bertz CT molecular complexity index is 508. The standard InChI is InChI=1S/C24H43NO5/c1-5-6-7-8-9-10-11-12-13-14-20(16-22-19(4)23(27)30-22)29-24(28)21(25-17-26)15-18(2)3/h17-22H,5-16H2,1-4H3,(H,25,26)/t19-,20?,21+,22?/m1/s1. The number of hydrogen-bond acceptors (Lipinski definition) is 5. The highest BCUT2D eigenvalue weighted by Crippen LogP contribution is 2.28. The van der Waals surface area contributed by atoms with E-state index in [4.69, 9.17) is 9.47 Å². The molecule has 0 aromatic carbocycles. The van der Waals surface area contributed by atoms with Crippen LogP contribution in [0.1, 0.15) is 105 Å². The molecule has 0 spiro atoms. The van der Waals surface area contributed by atoms with Gasteiger partial charge in [-0.1, -0.05) is 72.1 Å². The average Bonchev–Trinajstić information content (AvgIpc) is 2.71. The zero-order valence-electron chi connectivity index (χ0n) is 19.5. The lowest BCUT2D eigenvalue weighted by molar-refractivity contribution is -0.187. The van der Waals surface area contributed by atoms with Crippen LogP contribution in [0.15, 0.2) is 0 Å². The Morgan fingerprint density at radius 3 is 2.20 bits per heavy atom. The summed E-state index contributed by atoms with van der Waals surface area (Å²) in [6.45, 7) is 8.09. The number of rotatable bonds is 18. The second-order valence-electron chi connectivity index (χ2n) is 9.14. The van der Waals surface area contributed by atoms with E-state index in [-0.39, 0.29) is 30.0 Å². The third kappa shape index (κ3) is 10.4. The topological polar surface area (TPSA) is 81.7 Å². The van der Waals surface area contributed by atoms with Crippen molar-refractivity contribution in [1.29, 1.82) is 0 Å². The molecule has 6 nitrogen and oxygen atoms in total. The fourth-order valence-corrected chi connectivity index (χ4v) is 3.89. The van der Waals surface area contributed by atoms with Gasteiger partial charge in [-0.25, -0.2) is 4.79 Å². The first kappa shape index (κ1) is 26.4. The maximum atomic E-state index is 12.6. The van der Waals surface area contributed by atoms with Crippen molar-refractivity contribution < 1.29 is 23.9 Å². The lowest BCUT2D eigenvalue weighted by Crippen LogP contribution is -2.46. The highest BCUT2D eigenvalue weighted by atomic mass is 16.6. The van der Waals surface area contributed by atoms with E-state index in [0.29, 0.717) is 19.3 Å². The fraction of sp³-hybridized carbons (Fsp3) is 0.875. The molecule has 0 saturated carbocycles. The quantitative estimate of drug-likeness (QED) is 0.191. The minimum Gasteiger partial charge on any atom is -0.461 e. The van der Waals surface area contributed by atoms with Crippen molar-refractivity contribution >= 4 is 18.3 Å². The van der Waals surface area contributed by atoms with Crippen LogP contribution in [0.4, 0.5) is 0 Å². The van der Waals surface area contributed by atoms with E-state index in [9.17, 15) is 14.4 Å². The van der Waals surface area contributed by atoms with Gasteiger partial charge in [0.25, 0.3) is 0 Å². The number of carbonyl (C=O) groups is 3. The van der Waals surface area contributed by atoms with E-state index in [1.807, 2.05) is 20.8 Å². The first-order chi connectivity index (χ1) is 14.4. The number of cyclic esters (lactones) is 1. The summed E-state index contributed by atoms with van der Waals surface area (Å²) in [6.07, 6.45) is 13.0. The number of amides is 1. The fourth-order valence-electron chi connectivity index (χ4n) is 3.89. The number of nitrogens with one attached hydrogen (secondary N) is 1. The zero-order valence-corrected chi connectivity index (χ0v) is 19.5. The second-order valence-corrected chi connectivity index (χ2v) is 9.14. The Hall–Kier alpha value is -1.59. The van der Waals surface area contributed by atoms with Crippen LogP contribution in [0, 0.1) is 11.8 Å². The molecule has 1 N–H and O–H groups in total. The van der Waals surface area contributed by atoms with Gasteiger partial charge in [-0.05, 0) is 32.1 Å². The smallest absolute Gasteiger partial charge is 0.328 e. The maximum absolute atomic E-state index is 12.6. The third-order valence-corrected chi connectivity index (χ3v) is 5.87. The van der Waals surface area contributed by atoms with Gasteiger partial charge in [-0.2, -0.15) is 0 Å². The molecule has 2 unspecified atom stereocenters. The molecule has 0 aliphatic carbocycles. The molecule has 174 valence electrons. The molecule has 0 aromatic heterocycles. The lowest BCUT2D eigenvalue weighted by Gasteiger charge is -2.35. The normalized spacial score (nSPS) is 20.2. The third-order valence-electron chi connectivity index (χ3n) is 5.87. The van der Waals surface area contributed by atoms with Crippen molar-refractivity contribution in [3.05, 3.63) is 0 Å². The Labute approximate surface area is 182 Å². The Kier molecular flexibility index (Phi) is 13.4. The van der Waals surface area contributed by atoms with Crippen LogP contribution < -0.4 is 5.32 Å². The van der Waals surface area contributed by atoms with Gasteiger partial charge in [0.15, 0.2) is 0 Å². The van der Waals surface area contributed by atoms with Crippen molar-refractivity contribution in [2.45, 2.75) is 123 Å². The van der Waals surface area contributed by atoms with E-state index in [1.54, 1.807) is 0 Å². The number of hydrogen-bond donors (Lipinski definition) is 1. The molecule has 1 heterocycles. The van der Waals surface area contributed by atoms with Crippen LogP contribution in [-0.4, -0.2) is 36.6 Å². The maximum Gasteiger partial charge on any atom is 0.328 e. The van der Waals surface area contributed by atoms with Gasteiger partial charge >= 0.3 is 11.9 Å². The Morgan fingerprint density at radius 2 is 1.70 bits per heavy atom. The SMILES string of the molecule is CCCCCCCCCCCC(CC1OC(=O)[C@@H]1C)OC(=O)[C@H](CC(C)C)NC=O. The Balaban J connectivity index is 2.44. The summed E-state index contributed by atoms with van der Waals surface area (Å²) in [5.41, 5.74) is 0. The minimum atomic E-state index is -0.630. The molecule has 0 aromatic rings. The van der Waals surface area contributed by atoms with Crippen LogP contribution in [-0.2, 0) is 23.9 Å². The van der Waals surface area contributed by atoms with Gasteiger partial charge in [0.2, 0.25) is 6.41 Å². The van der Waals surface area contributed by atoms with Crippen LogP contribution in [0.3, 0.4) is 0 Å². The predicted molar refractivity (Wildman–Crippen MR) is 118 cm³/mol. The van der Waals surface area contributed by atoms with Gasteiger partial charge in [0.1, 0.15) is 18.2 Å². The summed E-state index contributed by atoms with van der Waals surface area (Å²) in [5.74, 6) is -0.462. The molecule has 30 heavy (non-hydrogen) atoms. The summed E-state index contributed by atoms with van der Waals surface area (Å²) < 4.78 is 11.0. The molecular formula is C24H43NO5. The average molecular weight is 426 g/mol. The molecule has 1 fully saturated rings. The minimum absolute atomic E-state index is 0.145. The van der Waals surface area contributed by atoms with Crippen LogP contribution in [0.5, 0.6) is 0 Å². The monoisotopic (exact) mass is 425 g/mol. The molecule has 1 aliphatic heterocycles. The zero-order chi connectivity index (χ0) is 22.4. The largest absolute Gasteiger partial charge is 0.461 e. The highest BCUT2D eigenvalue weighted by Gasteiger charge is 2.40. The molecule has 1 rings (SSSR count). The highest BCUT2D eigenvalue weighted by molar-refractivity contribution is 5.79.